The molecule has 0 aromatic carbocycles. The molecule has 76 valence electrons. The minimum absolute atomic E-state index is 0.391. The van der Waals surface area contributed by atoms with E-state index in [2.05, 4.69) is 15.6 Å². The summed E-state index contributed by atoms with van der Waals surface area (Å²) in [6.07, 6.45) is -0.183. The summed E-state index contributed by atoms with van der Waals surface area (Å²) >= 11 is 0. The molecule has 6 nitrogen and oxygen atoms in total. The molecule has 0 saturated carbocycles. The summed E-state index contributed by atoms with van der Waals surface area (Å²) in [6, 6.07) is 0. The van der Waals surface area contributed by atoms with Gasteiger partial charge in [-0.25, -0.2) is 9.36 Å². The van der Waals surface area contributed by atoms with Gasteiger partial charge in [0.2, 0.25) is 0 Å². The van der Waals surface area contributed by atoms with Crippen molar-refractivity contribution in [1.29, 1.82) is 0 Å². The lowest BCUT2D eigenvalue weighted by Crippen LogP contribution is -2.11. The summed E-state index contributed by atoms with van der Waals surface area (Å²) < 4.78 is 19.0. The molecule has 13 heavy (non-hydrogen) atoms. The largest absolute Gasteiger partial charge is 0.529 e. The Labute approximate surface area is 75.4 Å². The highest BCUT2D eigenvalue weighted by Gasteiger charge is 2.25. The van der Waals surface area contributed by atoms with Crippen molar-refractivity contribution in [2.75, 3.05) is 6.61 Å². The third-order valence-electron chi connectivity index (χ3n) is 0.851. The minimum atomic E-state index is -4.40. The van der Waals surface area contributed by atoms with Gasteiger partial charge in [0.15, 0.2) is 0 Å². The van der Waals surface area contributed by atoms with Gasteiger partial charge in [0.25, 0.3) is 0 Å². The van der Waals surface area contributed by atoms with Gasteiger partial charge in [0.05, 0.1) is 12.7 Å². The Morgan fingerprint density at radius 1 is 1.77 bits per heavy atom. The number of phosphoric acid groups is 1. The Balaban J connectivity index is 4.01. The first-order valence-corrected chi connectivity index (χ1v) is 4.88. The van der Waals surface area contributed by atoms with Gasteiger partial charge in [-0.15, -0.1) is 0 Å². The summed E-state index contributed by atoms with van der Waals surface area (Å²) in [5.41, 5.74) is 0. The van der Waals surface area contributed by atoms with Crippen LogP contribution in [0.5, 0.6) is 0 Å². The molecule has 2 N–H and O–H groups in total. The van der Waals surface area contributed by atoms with Crippen molar-refractivity contribution in [3.05, 3.63) is 12.7 Å². The predicted octanol–water partition coefficient (Wildman–Crippen LogP) is 0.213. The Bertz CT molecular complexity index is 235. The lowest BCUT2D eigenvalue weighted by atomic mass is 10.5. The molecular formula is C6H11O6P. The fourth-order valence-electron chi connectivity index (χ4n) is 0.379. The molecule has 0 fully saturated rings. The van der Waals surface area contributed by atoms with E-state index in [1.165, 1.54) is 6.92 Å². The van der Waals surface area contributed by atoms with Gasteiger partial charge in [-0.2, -0.15) is 0 Å². The smallest absolute Gasteiger partial charge is 0.391 e. The Morgan fingerprint density at radius 2 is 2.31 bits per heavy atom. The maximum Gasteiger partial charge on any atom is 0.529 e. The van der Waals surface area contributed by atoms with E-state index in [-0.39, 0.29) is 0 Å². The molecule has 0 amide bonds. The zero-order valence-electron chi connectivity index (χ0n) is 7.04. The van der Waals surface area contributed by atoms with E-state index in [1.807, 2.05) is 0 Å². The normalized spacial score (nSPS) is 17.2. The van der Waals surface area contributed by atoms with Crippen LogP contribution in [0.1, 0.15) is 6.92 Å². The minimum Gasteiger partial charge on any atom is -0.391 e. The lowest BCUT2D eigenvalue weighted by molar-refractivity contribution is -0.130. The van der Waals surface area contributed by atoms with E-state index in [9.17, 15) is 9.36 Å². The fraction of sp³-hybridized carbons (Fsp3) is 0.500. The lowest BCUT2D eigenvalue weighted by Gasteiger charge is -2.11. The molecule has 0 saturated heterocycles. The zero-order valence-corrected chi connectivity index (χ0v) is 7.94. The molecule has 0 heterocycles. The zero-order chi connectivity index (χ0) is 10.5. The second kappa shape index (κ2) is 5.14. The van der Waals surface area contributed by atoms with Gasteiger partial charge in [0, 0.05) is 6.08 Å². The topological polar surface area (TPSA) is 93.1 Å². The van der Waals surface area contributed by atoms with Gasteiger partial charge in [-0.05, 0) is 6.92 Å². The van der Waals surface area contributed by atoms with Gasteiger partial charge < -0.3 is 9.63 Å². The molecule has 0 rings (SSSR count). The third kappa shape index (κ3) is 6.48. The van der Waals surface area contributed by atoms with Crippen molar-refractivity contribution in [1.82, 2.24) is 0 Å². The van der Waals surface area contributed by atoms with Gasteiger partial charge >= 0.3 is 13.8 Å². The molecule has 2 unspecified atom stereocenters. The first kappa shape index (κ1) is 12.3. The number of aliphatic hydroxyl groups is 1. The number of hydrogen-bond acceptors (Lipinski definition) is 5. The van der Waals surface area contributed by atoms with Gasteiger partial charge in [-0.3, -0.25) is 9.42 Å². The molecule has 2 atom stereocenters. The molecule has 0 spiro atoms. The van der Waals surface area contributed by atoms with Gasteiger partial charge in [-0.1, -0.05) is 6.58 Å². The Kier molecular flexibility index (Phi) is 4.87. The second-order valence-electron chi connectivity index (χ2n) is 2.23. The van der Waals surface area contributed by atoms with E-state index in [4.69, 9.17) is 10.00 Å². The van der Waals surface area contributed by atoms with Crippen LogP contribution in [-0.4, -0.2) is 28.7 Å². The molecule has 0 aliphatic heterocycles. The van der Waals surface area contributed by atoms with Crippen molar-refractivity contribution >= 4 is 13.8 Å². The SMILES string of the molecule is C=CC(=O)OP(=O)(O)OCC(C)O. The summed E-state index contributed by atoms with van der Waals surface area (Å²) in [5, 5.41) is 8.69. The summed E-state index contributed by atoms with van der Waals surface area (Å²) in [5.74, 6) is -1.06. The monoisotopic (exact) mass is 210 g/mol. The average molecular weight is 210 g/mol. The highest BCUT2D eigenvalue weighted by molar-refractivity contribution is 7.48. The number of carbonyl (C=O) groups excluding carboxylic acids is 1. The highest BCUT2D eigenvalue weighted by atomic mass is 31.2. The molecule has 0 aromatic heterocycles. The number of phosphoric ester groups is 1. The maximum atomic E-state index is 10.8. The second-order valence-corrected chi connectivity index (χ2v) is 3.61. The van der Waals surface area contributed by atoms with Gasteiger partial charge in [0.1, 0.15) is 0 Å². The van der Waals surface area contributed by atoms with E-state index >= 15 is 0 Å². The first-order valence-electron chi connectivity index (χ1n) is 3.39. The molecule has 0 aromatic rings. The van der Waals surface area contributed by atoms with Crippen molar-refractivity contribution < 1.29 is 28.4 Å². The first-order chi connectivity index (χ1) is 5.87. The molecule has 7 heteroatoms. The highest BCUT2D eigenvalue weighted by Crippen LogP contribution is 2.43. The van der Waals surface area contributed by atoms with Crippen LogP contribution >= 0.6 is 7.82 Å². The van der Waals surface area contributed by atoms with E-state index in [0.29, 0.717) is 0 Å². The Morgan fingerprint density at radius 3 is 2.69 bits per heavy atom. The van der Waals surface area contributed by atoms with Crippen LogP contribution in [0.2, 0.25) is 0 Å². The van der Waals surface area contributed by atoms with Crippen LogP contribution in [0.15, 0.2) is 12.7 Å². The molecule has 0 radical (unpaired) electrons. The summed E-state index contributed by atoms with van der Waals surface area (Å²) in [4.78, 5) is 19.3. The van der Waals surface area contributed by atoms with Crippen molar-refractivity contribution in [2.24, 2.45) is 0 Å². The van der Waals surface area contributed by atoms with E-state index in [1.54, 1.807) is 0 Å². The quantitative estimate of drug-likeness (QED) is 0.497. The maximum absolute atomic E-state index is 10.8. The van der Waals surface area contributed by atoms with Crippen LogP contribution in [0.25, 0.3) is 0 Å². The predicted molar refractivity (Wildman–Crippen MR) is 43.7 cm³/mol. The van der Waals surface area contributed by atoms with Crippen LogP contribution in [-0.2, 0) is 18.4 Å². The standard InChI is InChI=1S/C6H11O6P/c1-3-6(8)12-13(9,10)11-4-5(2)7/h3,5,7H,1,4H2,2H3,(H,9,10). The van der Waals surface area contributed by atoms with Crippen LogP contribution in [0, 0.1) is 0 Å². The van der Waals surface area contributed by atoms with Crippen molar-refractivity contribution in [2.45, 2.75) is 13.0 Å². The molecule has 0 aliphatic carbocycles. The Hall–Kier alpha value is -0.680. The average Bonchev–Trinajstić information content (AvgIpc) is 2.00. The third-order valence-corrected chi connectivity index (χ3v) is 1.74. The van der Waals surface area contributed by atoms with E-state index < -0.39 is 26.5 Å². The number of rotatable bonds is 5. The van der Waals surface area contributed by atoms with Crippen LogP contribution in [0.4, 0.5) is 0 Å². The summed E-state index contributed by atoms with van der Waals surface area (Å²) in [6.45, 7) is 3.99. The fourth-order valence-corrected chi connectivity index (χ4v) is 1.14. The number of aliphatic hydroxyl groups excluding tert-OH is 1. The summed E-state index contributed by atoms with van der Waals surface area (Å²) in [7, 11) is -4.40. The van der Waals surface area contributed by atoms with E-state index in [0.717, 1.165) is 6.08 Å². The van der Waals surface area contributed by atoms with Crippen LogP contribution < -0.4 is 0 Å². The molecule has 0 bridgehead atoms. The number of carbonyl (C=O) groups is 1. The number of hydrogen-bond donors (Lipinski definition) is 2. The van der Waals surface area contributed by atoms with Crippen molar-refractivity contribution in [3.8, 4) is 0 Å². The molecular weight excluding hydrogens is 199 g/mol. The van der Waals surface area contributed by atoms with Crippen LogP contribution in [0.3, 0.4) is 0 Å². The molecule has 0 aliphatic rings. The van der Waals surface area contributed by atoms with Crippen molar-refractivity contribution in [3.63, 3.8) is 0 Å².